The summed E-state index contributed by atoms with van der Waals surface area (Å²) in [7, 11) is 0. The Hall–Kier alpha value is -3.27. The monoisotopic (exact) mass is 410 g/mol. The van der Waals surface area contributed by atoms with Crippen molar-refractivity contribution in [1.82, 2.24) is 29.9 Å². The summed E-state index contributed by atoms with van der Waals surface area (Å²) in [5, 5.41) is 14.8. The lowest BCUT2D eigenvalue weighted by Gasteiger charge is -2.36. The molecular weight excluding hydrogens is 384 g/mol. The Morgan fingerprint density at radius 1 is 1.20 bits per heavy atom. The standard InChI is InChI=1S/C20H26N8O2/c1-5-30-19-15(11-28-10-14(4)22-20(28)24-19)18(29)23-16-6-7-17(26-25-16)27-8-12(2)21-13(3)9-27/h6-7,10-13,21H,5,8-9H2,1-4H3,(H,23,25,29)/t12-,13+. The molecule has 4 rings (SSSR count). The number of nitrogens with one attached hydrogen (secondary N) is 2. The third-order valence-corrected chi connectivity index (χ3v) is 4.83. The van der Waals surface area contributed by atoms with Crippen molar-refractivity contribution in [1.29, 1.82) is 0 Å². The largest absolute Gasteiger partial charge is 0.477 e. The van der Waals surface area contributed by atoms with Crippen molar-refractivity contribution in [2.75, 3.05) is 29.9 Å². The van der Waals surface area contributed by atoms with Gasteiger partial charge in [0, 0.05) is 37.6 Å². The predicted octanol–water partition coefficient (Wildman–Crippen LogP) is 1.67. The van der Waals surface area contributed by atoms with Gasteiger partial charge in [-0.05, 0) is 39.8 Å². The molecular formula is C20H26N8O2. The van der Waals surface area contributed by atoms with Crippen LogP contribution in [0.15, 0.2) is 24.5 Å². The summed E-state index contributed by atoms with van der Waals surface area (Å²) in [4.78, 5) is 23.7. The van der Waals surface area contributed by atoms with Gasteiger partial charge in [-0.25, -0.2) is 4.98 Å². The second-order valence-electron chi connectivity index (χ2n) is 7.59. The molecule has 0 aliphatic carbocycles. The molecule has 0 unspecified atom stereocenters. The molecule has 0 aromatic carbocycles. The van der Waals surface area contributed by atoms with Crippen molar-refractivity contribution in [2.24, 2.45) is 0 Å². The SMILES string of the molecule is CCOc1nc2nc(C)cn2cc1C(=O)Nc1ccc(N2C[C@@H](C)N[C@@H](C)C2)nn1. The van der Waals surface area contributed by atoms with Gasteiger partial charge < -0.3 is 20.3 Å². The number of fused-ring (bicyclic) bond motifs is 1. The molecule has 1 amide bonds. The maximum Gasteiger partial charge on any atom is 0.263 e. The average Bonchev–Trinajstić information content (AvgIpc) is 3.06. The number of anilines is 2. The number of amides is 1. The molecule has 4 heterocycles. The molecule has 10 heteroatoms. The summed E-state index contributed by atoms with van der Waals surface area (Å²) in [6.07, 6.45) is 3.47. The Morgan fingerprint density at radius 3 is 2.63 bits per heavy atom. The van der Waals surface area contributed by atoms with E-state index in [4.69, 9.17) is 4.74 Å². The second-order valence-corrected chi connectivity index (χ2v) is 7.59. The van der Waals surface area contributed by atoms with Crippen molar-refractivity contribution in [3.05, 3.63) is 35.8 Å². The highest BCUT2D eigenvalue weighted by Crippen LogP contribution is 2.20. The summed E-state index contributed by atoms with van der Waals surface area (Å²) in [5.74, 6) is 1.51. The first-order valence-electron chi connectivity index (χ1n) is 10.1. The molecule has 30 heavy (non-hydrogen) atoms. The molecule has 1 saturated heterocycles. The number of aromatic nitrogens is 5. The first kappa shape index (κ1) is 20.0. The van der Waals surface area contributed by atoms with Crippen molar-refractivity contribution < 1.29 is 9.53 Å². The topological polar surface area (TPSA) is 110 Å². The summed E-state index contributed by atoms with van der Waals surface area (Å²) in [6, 6.07) is 4.38. The first-order valence-corrected chi connectivity index (χ1v) is 10.1. The summed E-state index contributed by atoms with van der Waals surface area (Å²) >= 11 is 0. The second kappa shape index (κ2) is 8.23. The predicted molar refractivity (Wildman–Crippen MR) is 113 cm³/mol. The number of carbonyl (C=O) groups excluding carboxylic acids is 1. The van der Waals surface area contributed by atoms with Gasteiger partial charge in [-0.1, -0.05) is 0 Å². The molecule has 0 bridgehead atoms. The summed E-state index contributed by atoms with van der Waals surface area (Å²) < 4.78 is 7.26. The Labute approximate surface area is 174 Å². The van der Waals surface area contributed by atoms with Gasteiger partial charge in [-0.2, -0.15) is 4.98 Å². The van der Waals surface area contributed by atoms with Crippen molar-refractivity contribution in [2.45, 2.75) is 39.8 Å². The third kappa shape index (κ3) is 4.18. The van der Waals surface area contributed by atoms with Crippen LogP contribution in [0, 0.1) is 6.92 Å². The van der Waals surface area contributed by atoms with E-state index in [-0.39, 0.29) is 11.8 Å². The number of rotatable bonds is 5. The van der Waals surface area contributed by atoms with Crippen LogP contribution in [0.3, 0.4) is 0 Å². The summed E-state index contributed by atoms with van der Waals surface area (Å²) in [5.41, 5.74) is 1.11. The van der Waals surface area contributed by atoms with Crippen LogP contribution >= 0.6 is 0 Å². The van der Waals surface area contributed by atoms with E-state index in [1.807, 2.05) is 19.9 Å². The highest BCUT2D eigenvalue weighted by molar-refractivity contribution is 6.05. The van der Waals surface area contributed by atoms with Gasteiger partial charge in [-0.3, -0.25) is 9.20 Å². The van der Waals surface area contributed by atoms with Crippen LogP contribution in [-0.4, -0.2) is 62.3 Å². The minimum atomic E-state index is -0.370. The highest BCUT2D eigenvalue weighted by Gasteiger charge is 2.22. The van der Waals surface area contributed by atoms with E-state index in [1.165, 1.54) is 0 Å². The Morgan fingerprint density at radius 2 is 1.97 bits per heavy atom. The first-order chi connectivity index (χ1) is 14.4. The molecule has 0 radical (unpaired) electrons. The lowest BCUT2D eigenvalue weighted by Crippen LogP contribution is -2.54. The van der Waals surface area contributed by atoms with E-state index in [1.54, 1.807) is 22.9 Å². The van der Waals surface area contributed by atoms with Crippen molar-refractivity contribution in [3.63, 3.8) is 0 Å². The number of carbonyl (C=O) groups is 1. The quantitative estimate of drug-likeness (QED) is 0.654. The Balaban J connectivity index is 1.53. The van der Waals surface area contributed by atoms with Crippen LogP contribution in [0.4, 0.5) is 11.6 Å². The van der Waals surface area contributed by atoms with Crippen molar-refractivity contribution in [3.8, 4) is 5.88 Å². The van der Waals surface area contributed by atoms with Gasteiger partial charge >= 0.3 is 0 Å². The third-order valence-electron chi connectivity index (χ3n) is 4.83. The number of hydrogen-bond acceptors (Lipinski definition) is 8. The lowest BCUT2D eigenvalue weighted by molar-refractivity contribution is 0.102. The fraction of sp³-hybridized carbons (Fsp3) is 0.450. The van der Waals surface area contributed by atoms with Crippen molar-refractivity contribution >= 4 is 23.3 Å². The number of ether oxygens (including phenoxy) is 1. The maximum absolute atomic E-state index is 12.9. The molecule has 0 spiro atoms. The zero-order valence-electron chi connectivity index (χ0n) is 17.6. The van der Waals surface area contributed by atoms with E-state index in [9.17, 15) is 4.79 Å². The van der Waals surface area contributed by atoms with Gasteiger partial charge in [0.25, 0.3) is 5.91 Å². The normalized spacial score (nSPS) is 19.1. The molecule has 1 fully saturated rings. The Kier molecular flexibility index (Phi) is 5.49. The fourth-order valence-electron chi connectivity index (χ4n) is 3.69. The van der Waals surface area contributed by atoms with Crippen LogP contribution in [0.5, 0.6) is 5.88 Å². The molecule has 1 aliphatic rings. The number of aryl methyl sites for hydroxylation is 1. The maximum atomic E-state index is 12.9. The minimum absolute atomic E-state index is 0.237. The van der Waals surface area contributed by atoms with Crippen LogP contribution in [0.1, 0.15) is 36.8 Å². The van der Waals surface area contributed by atoms with Crippen LogP contribution in [0.2, 0.25) is 0 Å². The van der Waals surface area contributed by atoms with Gasteiger partial charge in [0.15, 0.2) is 11.6 Å². The van der Waals surface area contributed by atoms with Crippen LogP contribution < -0.4 is 20.3 Å². The van der Waals surface area contributed by atoms with E-state index in [0.29, 0.717) is 35.8 Å². The number of nitrogens with zero attached hydrogens (tertiary/aromatic N) is 6. The van der Waals surface area contributed by atoms with Gasteiger partial charge in [-0.15, -0.1) is 10.2 Å². The Bertz CT molecular complexity index is 1040. The molecule has 3 aromatic heterocycles. The van der Waals surface area contributed by atoms with Crippen LogP contribution in [-0.2, 0) is 0 Å². The summed E-state index contributed by atoms with van der Waals surface area (Å²) in [6.45, 7) is 10.1. The fourth-order valence-corrected chi connectivity index (χ4v) is 3.69. The molecule has 10 nitrogen and oxygen atoms in total. The molecule has 0 saturated carbocycles. The molecule has 158 valence electrons. The average molecular weight is 410 g/mol. The zero-order valence-corrected chi connectivity index (χ0v) is 17.6. The molecule has 3 aromatic rings. The smallest absolute Gasteiger partial charge is 0.263 e. The number of imidazole rings is 1. The molecule has 2 atom stereocenters. The van der Waals surface area contributed by atoms with E-state index < -0.39 is 0 Å². The lowest BCUT2D eigenvalue weighted by atomic mass is 10.1. The molecule has 1 aliphatic heterocycles. The van der Waals surface area contributed by atoms with E-state index in [2.05, 4.69) is 49.5 Å². The van der Waals surface area contributed by atoms with Gasteiger partial charge in [0.1, 0.15) is 5.56 Å². The minimum Gasteiger partial charge on any atom is -0.477 e. The number of hydrogen-bond donors (Lipinski definition) is 2. The highest BCUT2D eigenvalue weighted by atomic mass is 16.5. The van der Waals surface area contributed by atoms with Crippen LogP contribution in [0.25, 0.3) is 5.78 Å². The van der Waals surface area contributed by atoms with E-state index >= 15 is 0 Å². The van der Waals surface area contributed by atoms with E-state index in [0.717, 1.165) is 24.6 Å². The van der Waals surface area contributed by atoms with Gasteiger partial charge in [0.2, 0.25) is 11.7 Å². The van der Waals surface area contributed by atoms with Gasteiger partial charge in [0.05, 0.1) is 12.3 Å². The number of piperazine rings is 1. The molecule has 2 N–H and O–H groups in total. The zero-order chi connectivity index (χ0) is 21.3.